The highest BCUT2D eigenvalue weighted by Gasteiger charge is 2.20. The van der Waals surface area contributed by atoms with Crippen molar-refractivity contribution < 1.29 is 19.4 Å². The number of carboxylic acid groups (broad SMARTS) is 1. The van der Waals surface area contributed by atoms with Crippen molar-refractivity contribution in [2.24, 2.45) is 5.92 Å². The second-order valence-electron chi connectivity index (χ2n) is 4.68. The lowest BCUT2D eigenvalue weighted by Crippen LogP contribution is -2.41. The number of carboxylic acids is 1. The molecular weight excluding hydrogens is 236 g/mol. The van der Waals surface area contributed by atoms with E-state index in [4.69, 9.17) is 9.84 Å². The lowest BCUT2D eigenvalue weighted by Gasteiger charge is -2.14. The van der Waals surface area contributed by atoms with Gasteiger partial charge in [-0.15, -0.1) is 0 Å². The minimum absolute atomic E-state index is 0.113. The number of hydrogen-bond donors (Lipinski definition) is 3. The summed E-state index contributed by atoms with van der Waals surface area (Å²) in [7, 11) is 1.43. The quantitative estimate of drug-likeness (QED) is 0.538. The van der Waals surface area contributed by atoms with E-state index in [0.717, 1.165) is 12.3 Å². The van der Waals surface area contributed by atoms with Gasteiger partial charge in [-0.2, -0.15) is 0 Å². The molecule has 0 aromatic carbocycles. The molecule has 1 aliphatic rings. The molecule has 0 spiro atoms. The Bertz CT molecular complexity index is 279. The Morgan fingerprint density at radius 1 is 1.39 bits per heavy atom. The third kappa shape index (κ3) is 7.11. The van der Waals surface area contributed by atoms with Crippen LogP contribution < -0.4 is 10.6 Å². The third-order valence-electron chi connectivity index (χ3n) is 3.00. The van der Waals surface area contributed by atoms with E-state index in [1.54, 1.807) is 0 Å². The van der Waals surface area contributed by atoms with Crippen molar-refractivity contribution >= 4 is 12.0 Å². The molecule has 1 unspecified atom stereocenters. The van der Waals surface area contributed by atoms with Gasteiger partial charge in [0, 0.05) is 20.2 Å². The Hall–Kier alpha value is -1.30. The highest BCUT2D eigenvalue weighted by Crippen LogP contribution is 2.33. The molecule has 104 valence electrons. The van der Waals surface area contributed by atoms with Gasteiger partial charge in [0.25, 0.3) is 0 Å². The molecule has 0 bridgehead atoms. The van der Waals surface area contributed by atoms with Crippen LogP contribution in [-0.4, -0.2) is 43.4 Å². The molecule has 3 N–H and O–H groups in total. The molecule has 0 aromatic heterocycles. The smallest absolute Gasteiger partial charge is 0.314 e. The molecule has 18 heavy (non-hydrogen) atoms. The summed E-state index contributed by atoms with van der Waals surface area (Å²) in [4.78, 5) is 21.9. The number of methoxy groups -OCH3 is 1. The van der Waals surface area contributed by atoms with Crippen LogP contribution in [0.2, 0.25) is 0 Å². The van der Waals surface area contributed by atoms with Crippen LogP contribution in [0.4, 0.5) is 4.79 Å². The third-order valence-corrected chi connectivity index (χ3v) is 3.00. The number of carbonyl (C=O) groups excluding carboxylic acids is 1. The van der Waals surface area contributed by atoms with Gasteiger partial charge in [-0.1, -0.05) is 12.8 Å². The molecule has 6 heteroatoms. The van der Waals surface area contributed by atoms with Gasteiger partial charge in [-0.05, 0) is 18.8 Å². The van der Waals surface area contributed by atoms with Gasteiger partial charge in [0.15, 0.2) is 0 Å². The van der Waals surface area contributed by atoms with E-state index in [1.807, 2.05) is 0 Å². The van der Waals surface area contributed by atoms with E-state index in [9.17, 15) is 9.59 Å². The van der Waals surface area contributed by atoms with E-state index >= 15 is 0 Å². The van der Waals surface area contributed by atoms with E-state index < -0.39 is 12.1 Å². The number of hydrogen-bond acceptors (Lipinski definition) is 3. The van der Waals surface area contributed by atoms with Crippen LogP contribution in [-0.2, 0) is 9.53 Å². The number of aliphatic carboxylic acids is 1. The monoisotopic (exact) mass is 258 g/mol. The molecule has 0 radical (unpaired) electrons. The first-order valence-electron chi connectivity index (χ1n) is 6.38. The average molecular weight is 258 g/mol. The van der Waals surface area contributed by atoms with E-state index in [2.05, 4.69) is 10.6 Å². The second kappa shape index (κ2) is 7.92. The van der Waals surface area contributed by atoms with Crippen LogP contribution in [0.15, 0.2) is 0 Å². The molecule has 1 saturated carbocycles. The molecule has 1 atom stereocenters. The van der Waals surface area contributed by atoms with Crippen molar-refractivity contribution in [3.8, 4) is 0 Å². The molecule has 6 nitrogen and oxygen atoms in total. The van der Waals surface area contributed by atoms with Crippen LogP contribution in [0.5, 0.6) is 0 Å². The Morgan fingerprint density at radius 3 is 2.67 bits per heavy atom. The van der Waals surface area contributed by atoms with E-state index in [-0.39, 0.29) is 19.0 Å². The summed E-state index contributed by atoms with van der Waals surface area (Å²) in [5, 5.41) is 14.0. The SMILES string of the molecule is COC(CNC(=O)NCCCC1CC1)CC(=O)O. The van der Waals surface area contributed by atoms with Crippen molar-refractivity contribution in [2.75, 3.05) is 20.2 Å². The summed E-state index contributed by atoms with van der Waals surface area (Å²) in [5.74, 6) is -0.0585. The number of ether oxygens (including phenoxy) is 1. The zero-order valence-electron chi connectivity index (χ0n) is 10.8. The van der Waals surface area contributed by atoms with Gasteiger partial charge in [0.2, 0.25) is 0 Å². The highest BCUT2D eigenvalue weighted by molar-refractivity contribution is 5.74. The first kappa shape index (κ1) is 14.8. The molecular formula is C12H22N2O4. The minimum Gasteiger partial charge on any atom is -0.481 e. The first-order chi connectivity index (χ1) is 8.61. The first-order valence-corrected chi connectivity index (χ1v) is 6.38. The number of carbonyl (C=O) groups is 2. The highest BCUT2D eigenvalue weighted by atomic mass is 16.5. The fourth-order valence-electron chi connectivity index (χ4n) is 1.70. The Morgan fingerprint density at radius 2 is 2.11 bits per heavy atom. The molecule has 1 rings (SSSR count). The van der Waals surface area contributed by atoms with Crippen molar-refractivity contribution in [3.05, 3.63) is 0 Å². The average Bonchev–Trinajstić information content (AvgIpc) is 3.13. The van der Waals surface area contributed by atoms with Crippen LogP contribution in [0.1, 0.15) is 32.1 Å². The largest absolute Gasteiger partial charge is 0.481 e. The maximum Gasteiger partial charge on any atom is 0.314 e. The normalized spacial score (nSPS) is 16.1. The van der Waals surface area contributed by atoms with Gasteiger partial charge in [-0.3, -0.25) is 4.79 Å². The van der Waals surface area contributed by atoms with Crippen molar-refractivity contribution in [3.63, 3.8) is 0 Å². The lowest BCUT2D eigenvalue weighted by atomic mass is 10.2. The topological polar surface area (TPSA) is 87.7 Å². The zero-order chi connectivity index (χ0) is 13.4. The summed E-state index contributed by atoms with van der Waals surface area (Å²) in [6.45, 7) is 0.871. The molecule has 0 saturated heterocycles. The van der Waals surface area contributed by atoms with Gasteiger partial charge in [-0.25, -0.2) is 4.79 Å². The minimum atomic E-state index is -0.937. The van der Waals surface area contributed by atoms with Crippen LogP contribution in [0.25, 0.3) is 0 Å². The van der Waals surface area contributed by atoms with Crippen molar-refractivity contribution in [1.82, 2.24) is 10.6 Å². The van der Waals surface area contributed by atoms with Crippen LogP contribution in [0.3, 0.4) is 0 Å². The lowest BCUT2D eigenvalue weighted by molar-refractivity contribution is -0.139. The summed E-state index contributed by atoms with van der Waals surface area (Å²) >= 11 is 0. The Labute approximate surface area is 107 Å². The van der Waals surface area contributed by atoms with Crippen LogP contribution >= 0.6 is 0 Å². The zero-order valence-corrected chi connectivity index (χ0v) is 10.8. The number of urea groups is 1. The molecule has 1 aliphatic carbocycles. The second-order valence-corrected chi connectivity index (χ2v) is 4.68. The molecule has 1 fully saturated rings. The maximum absolute atomic E-state index is 11.4. The number of nitrogens with one attached hydrogen (secondary N) is 2. The predicted molar refractivity (Wildman–Crippen MR) is 66.4 cm³/mol. The fourth-order valence-corrected chi connectivity index (χ4v) is 1.70. The van der Waals surface area contributed by atoms with E-state index in [1.165, 1.54) is 26.4 Å². The van der Waals surface area contributed by atoms with Crippen molar-refractivity contribution in [1.29, 1.82) is 0 Å². The molecule has 2 amide bonds. The summed E-state index contributed by atoms with van der Waals surface area (Å²) < 4.78 is 4.95. The van der Waals surface area contributed by atoms with Gasteiger partial charge < -0.3 is 20.5 Å². The Balaban J connectivity index is 2.01. The maximum atomic E-state index is 11.4. The van der Waals surface area contributed by atoms with Gasteiger partial charge in [0.1, 0.15) is 0 Å². The van der Waals surface area contributed by atoms with Crippen molar-refractivity contribution in [2.45, 2.75) is 38.2 Å². The molecule has 0 aliphatic heterocycles. The van der Waals surface area contributed by atoms with E-state index in [0.29, 0.717) is 6.54 Å². The standard InChI is InChI=1S/C12H22N2O4/c1-18-10(7-11(15)16)8-14-12(17)13-6-2-3-9-4-5-9/h9-10H,2-8H2,1H3,(H,15,16)(H2,13,14,17). The number of amides is 2. The van der Waals surface area contributed by atoms with Gasteiger partial charge in [0.05, 0.1) is 12.5 Å². The summed E-state index contributed by atoms with van der Waals surface area (Å²) in [6, 6.07) is -0.266. The summed E-state index contributed by atoms with van der Waals surface area (Å²) in [6.07, 6.45) is 4.24. The molecule has 0 aromatic rings. The predicted octanol–water partition coefficient (Wildman–Crippen LogP) is 0.965. The Kier molecular flexibility index (Phi) is 6.49. The summed E-state index contributed by atoms with van der Waals surface area (Å²) in [5.41, 5.74) is 0. The number of rotatable bonds is 9. The van der Waals surface area contributed by atoms with Crippen LogP contribution in [0, 0.1) is 5.92 Å². The van der Waals surface area contributed by atoms with Gasteiger partial charge >= 0.3 is 12.0 Å². The molecule has 0 heterocycles. The fraction of sp³-hybridized carbons (Fsp3) is 0.833.